The Labute approximate surface area is 168 Å². The minimum atomic E-state index is -2.03. The summed E-state index contributed by atoms with van der Waals surface area (Å²) in [6, 6.07) is 5.82. The van der Waals surface area contributed by atoms with E-state index in [9.17, 15) is 4.79 Å². The van der Waals surface area contributed by atoms with Crippen molar-refractivity contribution in [1.29, 1.82) is 0 Å². The van der Waals surface area contributed by atoms with Crippen molar-refractivity contribution in [2.45, 2.75) is 45.7 Å². The first-order valence-electron chi connectivity index (χ1n) is 9.33. The number of methoxy groups -OCH3 is 1. The SMILES string of the molecule is C=C1Cc2cc3cc(OC)cc(O[Si](C)(C)C)c3c(O[Si](C)(C)C)c2C(=O)O1. The van der Waals surface area contributed by atoms with Crippen LogP contribution in [0.3, 0.4) is 0 Å². The molecule has 0 unspecified atom stereocenters. The van der Waals surface area contributed by atoms with Crippen LogP contribution in [0.4, 0.5) is 0 Å². The maximum Gasteiger partial charge on any atom is 0.347 e. The second kappa shape index (κ2) is 6.97. The van der Waals surface area contributed by atoms with Gasteiger partial charge in [-0.25, -0.2) is 4.79 Å². The third-order valence-corrected chi connectivity index (χ3v) is 5.75. The van der Waals surface area contributed by atoms with Gasteiger partial charge in [0.1, 0.15) is 28.6 Å². The summed E-state index contributed by atoms with van der Waals surface area (Å²) in [5.74, 6) is 1.96. The fourth-order valence-corrected chi connectivity index (χ4v) is 4.87. The Balaban J connectivity index is 2.41. The van der Waals surface area contributed by atoms with Crippen molar-refractivity contribution in [2.24, 2.45) is 0 Å². The van der Waals surface area contributed by atoms with Crippen LogP contribution >= 0.6 is 0 Å². The van der Waals surface area contributed by atoms with Gasteiger partial charge < -0.3 is 18.3 Å². The Morgan fingerprint density at radius 1 is 1.00 bits per heavy atom. The normalized spacial score (nSPS) is 14.5. The molecule has 0 bridgehead atoms. The predicted octanol–water partition coefficient (Wildman–Crippen LogP) is 5.50. The van der Waals surface area contributed by atoms with Gasteiger partial charge in [-0.15, -0.1) is 0 Å². The zero-order valence-corrected chi connectivity index (χ0v) is 19.7. The minimum Gasteiger partial charge on any atom is -0.544 e. The number of carbonyl (C=O) groups is 1. The van der Waals surface area contributed by atoms with Crippen molar-refractivity contribution in [3.63, 3.8) is 0 Å². The van der Waals surface area contributed by atoms with E-state index in [1.54, 1.807) is 7.11 Å². The average molecular weight is 417 g/mol. The standard InChI is InChI=1S/C21H28O5Si2/c1-13-9-14-10-15-11-16(23-2)12-17(25-27(3,4)5)18(15)20(26-28(6,7)8)19(14)21(22)24-13/h10-12H,1,9H2,2-8H3. The molecule has 0 spiro atoms. The van der Waals surface area contributed by atoms with Crippen molar-refractivity contribution in [3.8, 4) is 17.2 Å². The van der Waals surface area contributed by atoms with Crippen molar-refractivity contribution in [3.05, 3.63) is 41.7 Å². The molecule has 0 atom stereocenters. The summed E-state index contributed by atoms with van der Waals surface area (Å²) in [4.78, 5) is 12.8. The van der Waals surface area contributed by atoms with Crippen molar-refractivity contribution in [1.82, 2.24) is 0 Å². The lowest BCUT2D eigenvalue weighted by Gasteiger charge is -2.29. The molecule has 1 heterocycles. The molecule has 28 heavy (non-hydrogen) atoms. The first-order valence-corrected chi connectivity index (χ1v) is 16.2. The lowest BCUT2D eigenvalue weighted by molar-refractivity contribution is 0.0598. The van der Waals surface area contributed by atoms with Gasteiger partial charge in [-0.3, -0.25) is 0 Å². The van der Waals surface area contributed by atoms with Crippen LogP contribution in [0.15, 0.2) is 30.5 Å². The Morgan fingerprint density at radius 2 is 1.64 bits per heavy atom. The number of fused-ring (bicyclic) bond motifs is 2. The molecule has 0 fully saturated rings. The van der Waals surface area contributed by atoms with Gasteiger partial charge in [0.05, 0.1) is 12.5 Å². The fourth-order valence-electron chi connectivity index (χ4n) is 3.23. The quantitative estimate of drug-likeness (QED) is 0.476. The highest BCUT2D eigenvalue weighted by molar-refractivity contribution is 6.71. The molecule has 1 aliphatic heterocycles. The molecule has 0 saturated carbocycles. The summed E-state index contributed by atoms with van der Waals surface area (Å²) >= 11 is 0. The molecule has 0 aliphatic carbocycles. The summed E-state index contributed by atoms with van der Waals surface area (Å²) in [6.45, 7) is 16.5. The maximum atomic E-state index is 12.8. The molecule has 2 aromatic rings. The highest BCUT2D eigenvalue weighted by Gasteiger charge is 2.32. The maximum absolute atomic E-state index is 12.8. The van der Waals surface area contributed by atoms with E-state index in [-0.39, 0.29) is 0 Å². The molecule has 0 amide bonds. The Bertz CT molecular complexity index is 968. The van der Waals surface area contributed by atoms with Crippen LogP contribution in [0, 0.1) is 0 Å². The van der Waals surface area contributed by atoms with E-state index < -0.39 is 22.6 Å². The molecule has 2 aromatic carbocycles. The summed E-state index contributed by atoms with van der Waals surface area (Å²) in [5.41, 5.74) is 1.34. The zero-order chi connectivity index (χ0) is 20.9. The van der Waals surface area contributed by atoms with E-state index in [2.05, 4.69) is 45.9 Å². The molecular weight excluding hydrogens is 388 g/mol. The van der Waals surface area contributed by atoms with Crippen LogP contribution in [0.5, 0.6) is 17.2 Å². The van der Waals surface area contributed by atoms with Crippen LogP contribution in [-0.4, -0.2) is 29.7 Å². The van der Waals surface area contributed by atoms with Gasteiger partial charge in [0.25, 0.3) is 0 Å². The van der Waals surface area contributed by atoms with Gasteiger partial charge in [0, 0.05) is 12.5 Å². The highest BCUT2D eigenvalue weighted by atomic mass is 28.4. The molecule has 0 N–H and O–H groups in total. The van der Waals surface area contributed by atoms with Crippen LogP contribution < -0.4 is 13.6 Å². The fraction of sp³-hybridized carbons (Fsp3) is 0.381. The smallest absolute Gasteiger partial charge is 0.347 e. The lowest BCUT2D eigenvalue weighted by atomic mass is 9.94. The van der Waals surface area contributed by atoms with E-state index in [0.29, 0.717) is 35.0 Å². The van der Waals surface area contributed by atoms with E-state index in [4.69, 9.17) is 18.3 Å². The zero-order valence-electron chi connectivity index (χ0n) is 17.7. The molecule has 0 radical (unpaired) electrons. The largest absolute Gasteiger partial charge is 0.544 e. The molecule has 0 aromatic heterocycles. The Hall–Kier alpha value is -2.26. The van der Waals surface area contributed by atoms with E-state index in [0.717, 1.165) is 16.3 Å². The molecule has 7 heteroatoms. The van der Waals surface area contributed by atoms with Gasteiger partial charge in [-0.05, 0) is 62.4 Å². The number of ether oxygens (including phenoxy) is 2. The minimum absolute atomic E-state index is 0.420. The van der Waals surface area contributed by atoms with E-state index >= 15 is 0 Å². The van der Waals surface area contributed by atoms with Crippen LogP contribution in [0.1, 0.15) is 15.9 Å². The number of carbonyl (C=O) groups excluding carboxylic acids is 1. The lowest BCUT2D eigenvalue weighted by Crippen LogP contribution is -2.32. The Morgan fingerprint density at radius 3 is 2.21 bits per heavy atom. The van der Waals surface area contributed by atoms with Gasteiger partial charge in [0.15, 0.2) is 0 Å². The van der Waals surface area contributed by atoms with Crippen LogP contribution in [0.25, 0.3) is 10.8 Å². The Kier molecular flexibility index (Phi) is 5.10. The highest BCUT2D eigenvalue weighted by Crippen LogP contribution is 2.45. The van der Waals surface area contributed by atoms with E-state index in [1.165, 1.54) is 0 Å². The second-order valence-corrected chi connectivity index (χ2v) is 17.9. The van der Waals surface area contributed by atoms with E-state index in [1.807, 2.05) is 18.2 Å². The number of cyclic esters (lactones) is 1. The van der Waals surface area contributed by atoms with Crippen molar-refractivity contribution < 1.29 is 23.1 Å². The number of rotatable bonds is 5. The molecule has 1 aliphatic rings. The molecule has 0 saturated heterocycles. The van der Waals surface area contributed by atoms with Gasteiger partial charge in [-0.1, -0.05) is 6.58 Å². The average Bonchev–Trinajstić information content (AvgIpc) is 2.50. The summed E-state index contributed by atoms with van der Waals surface area (Å²) < 4.78 is 23.7. The second-order valence-electron chi connectivity index (χ2n) is 9.00. The summed E-state index contributed by atoms with van der Waals surface area (Å²) in [7, 11) is -2.32. The number of hydrogen-bond donors (Lipinski definition) is 0. The predicted molar refractivity (Wildman–Crippen MR) is 117 cm³/mol. The number of esters is 1. The van der Waals surface area contributed by atoms with Crippen LogP contribution in [-0.2, 0) is 11.2 Å². The summed E-state index contributed by atoms with van der Waals surface area (Å²) in [5, 5.41) is 1.72. The van der Waals surface area contributed by atoms with Gasteiger partial charge >= 0.3 is 5.97 Å². The number of allylic oxidation sites excluding steroid dienone is 1. The summed E-state index contributed by atoms with van der Waals surface area (Å²) in [6.07, 6.45) is 0.473. The van der Waals surface area contributed by atoms with Crippen LogP contribution in [0.2, 0.25) is 39.3 Å². The molecule has 5 nitrogen and oxygen atoms in total. The number of benzene rings is 2. The monoisotopic (exact) mass is 416 g/mol. The van der Waals surface area contributed by atoms with Gasteiger partial charge in [-0.2, -0.15) is 0 Å². The number of hydrogen-bond acceptors (Lipinski definition) is 5. The molecule has 3 rings (SSSR count). The molecule has 150 valence electrons. The first kappa shape index (κ1) is 20.5. The first-order chi connectivity index (χ1) is 12.9. The molecular formula is C21H28O5Si2. The third kappa shape index (κ3) is 4.25. The van der Waals surface area contributed by atoms with Crippen molar-refractivity contribution >= 4 is 33.4 Å². The third-order valence-electron chi connectivity index (χ3n) is 4.10. The topological polar surface area (TPSA) is 54.0 Å². The van der Waals surface area contributed by atoms with Crippen molar-refractivity contribution in [2.75, 3.05) is 7.11 Å². The van der Waals surface area contributed by atoms with Gasteiger partial charge in [0.2, 0.25) is 16.6 Å².